The highest BCUT2D eigenvalue weighted by molar-refractivity contribution is 6.35. The average molecular weight is 482 g/mol. The van der Waals surface area contributed by atoms with E-state index >= 15 is 0 Å². The van der Waals surface area contributed by atoms with E-state index < -0.39 is 35.6 Å². The quantitative estimate of drug-likeness (QED) is 0.321. The molecule has 3 amide bonds. The van der Waals surface area contributed by atoms with E-state index in [0.29, 0.717) is 22.2 Å². The first-order chi connectivity index (χ1) is 17.3. The van der Waals surface area contributed by atoms with Crippen molar-refractivity contribution in [3.05, 3.63) is 107 Å². The SMILES string of the molecule is CC(OC(=O)c1ccc(N2C(=O)c3cccc4cccc(c34)C2=O)cc1)C(=O)Nc1ccccc1F. The standard InChI is InChI=1S/C28H19FN2O5/c1-16(25(32)30-23-11-3-2-10-22(23)29)36-28(35)18-12-14-19(15-13-18)31-26(33)20-8-4-6-17-7-5-9-21(24(17)20)27(31)34/h2-16H,1H3,(H,30,32). The van der Waals surface area contributed by atoms with Crippen molar-refractivity contribution in [2.24, 2.45) is 0 Å². The lowest BCUT2D eigenvalue weighted by Gasteiger charge is -2.27. The van der Waals surface area contributed by atoms with Gasteiger partial charge in [0, 0.05) is 16.5 Å². The number of hydrogen-bond acceptors (Lipinski definition) is 5. The van der Waals surface area contributed by atoms with Crippen molar-refractivity contribution in [2.45, 2.75) is 13.0 Å². The number of ether oxygens (including phenoxy) is 1. The molecule has 0 aliphatic carbocycles. The van der Waals surface area contributed by atoms with Crippen LogP contribution in [-0.4, -0.2) is 29.8 Å². The van der Waals surface area contributed by atoms with Crippen LogP contribution in [0.5, 0.6) is 0 Å². The molecule has 8 heteroatoms. The second-order valence-electron chi connectivity index (χ2n) is 8.22. The molecule has 4 aromatic carbocycles. The molecule has 0 bridgehead atoms. The maximum Gasteiger partial charge on any atom is 0.338 e. The van der Waals surface area contributed by atoms with Gasteiger partial charge in [0.2, 0.25) is 0 Å². The van der Waals surface area contributed by atoms with Gasteiger partial charge in [-0.15, -0.1) is 0 Å². The number of anilines is 2. The molecule has 0 radical (unpaired) electrons. The number of benzene rings is 4. The molecule has 1 N–H and O–H groups in total. The minimum atomic E-state index is -1.20. The maximum absolute atomic E-state index is 13.8. The van der Waals surface area contributed by atoms with Crippen molar-refractivity contribution in [2.75, 3.05) is 10.2 Å². The normalized spacial score (nSPS) is 13.4. The van der Waals surface area contributed by atoms with Gasteiger partial charge in [-0.3, -0.25) is 14.4 Å². The molecule has 1 heterocycles. The number of carbonyl (C=O) groups excluding carboxylic acids is 4. The fourth-order valence-electron chi connectivity index (χ4n) is 4.09. The van der Waals surface area contributed by atoms with Gasteiger partial charge in [-0.25, -0.2) is 14.1 Å². The number of esters is 1. The highest BCUT2D eigenvalue weighted by Crippen LogP contribution is 2.32. The third-order valence-electron chi connectivity index (χ3n) is 5.92. The molecular weight excluding hydrogens is 463 g/mol. The molecule has 0 fully saturated rings. The van der Waals surface area contributed by atoms with Crippen LogP contribution in [0.3, 0.4) is 0 Å². The Bertz CT molecular complexity index is 1500. The van der Waals surface area contributed by atoms with Crippen LogP contribution in [0, 0.1) is 5.82 Å². The van der Waals surface area contributed by atoms with Crippen LogP contribution in [0.25, 0.3) is 10.8 Å². The van der Waals surface area contributed by atoms with Gasteiger partial charge in [-0.1, -0.05) is 36.4 Å². The van der Waals surface area contributed by atoms with E-state index in [1.807, 2.05) is 12.1 Å². The smallest absolute Gasteiger partial charge is 0.338 e. The zero-order valence-electron chi connectivity index (χ0n) is 19.0. The summed E-state index contributed by atoms with van der Waals surface area (Å²) < 4.78 is 19.0. The Morgan fingerprint density at radius 3 is 2.06 bits per heavy atom. The molecular formula is C28H19FN2O5. The van der Waals surface area contributed by atoms with E-state index in [2.05, 4.69) is 5.32 Å². The summed E-state index contributed by atoms with van der Waals surface area (Å²) >= 11 is 0. The average Bonchev–Trinajstić information content (AvgIpc) is 2.89. The minimum Gasteiger partial charge on any atom is -0.449 e. The molecule has 1 unspecified atom stereocenters. The number of halogens is 1. The van der Waals surface area contributed by atoms with E-state index in [9.17, 15) is 23.6 Å². The summed E-state index contributed by atoms with van der Waals surface area (Å²) in [5, 5.41) is 3.80. The van der Waals surface area contributed by atoms with Crippen LogP contribution in [0.2, 0.25) is 0 Å². The molecule has 5 rings (SSSR count). The van der Waals surface area contributed by atoms with Gasteiger partial charge in [-0.05, 0) is 60.8 Å². The Morgan fingerprint density at radius 1 is 0.833 bits per heavy atom. The summed E-state index contributed by atoms with van der Waals surface area (Å²) in [6.07, 6.45) is -1.20. The number of carbonyl (C=O) groups is 4. The number of para-hydroxylation sites is 1. The number of imide groups is 1. The lowest BCUT2D eigenvalue weighted by atomic mass is 9.94. The lowest BCUT2D eigenvalue weighted by molar-refractivity contribution is -0.123. The Balaban J connectivity index is 1.32. The molecule has 1 aliphatic rings. The summed E-state index contributed by atoms with van der Waals surface area (Å²) in [5.74, 6) is -3.01. The van der Waals surface area contributed by atoms with Crippen molar-refractivity contribution in [1.29, 1.82) is 0 Å². The molecule has 0 saturated carbocycles. The predicted molar refractivity (Wildman–Crippen MR) is 131 cm³/mol. The summed E-state index contributed by atoms with van der Waals surface area (Å²) in [5.41, 5.74) is 1.21. The Kier molecular flexibility index (Phi) is 5.77. The molecule has 1 aliphatic heterocycles. The van der Waals surface area contributed by atoms with Gasteiger partial charge in [0.25, 0.3) is 17.7 Å². The molecule has 178 valence electrons. The predicted octanol–water partition coefficient (Wildman–Crippen LogP) is 4.96. The number of hydrogen-bond donors (Lipinski definition) is 1. The summed E-state index contributed by atoms with van der Waals surface area (Å²) in [6.45, 7) is 1.37. The van der Waals surface area contributed by atoms with E-state index in [0.717, 1.165) is 10.3 Å². The summed E-state index contributed by atoms with van der Waals surface area (Å²) in [6, 6.07) is 21.9. The largest absolute Gasteiger partial charge is 0.449 e. The van der Waals surface area contributed by atoms with Crippen LogP contribution in [-0.2, 0) is 9.53 Å². The Hall–Kier alpha value is -4.85. The van der Waals surface area contributed by atoms with Crippen LogP contribution >= 0.6 is 0 Å². The van der Waals surface area contributed by atoms with Crippen molar-refractivity contribution >= 4 is 45.8 Å². The first kappa shape index (κ1) is 22.9. The minimum absolute atomic E-state index is 0.0251. The van der Waals surface area contributed by atoms with Gasteiger partial charge >= 0.3 is 5.97 Å². The number of rotatable bonds is 5. The molecule has 0 saturated heterocycles. The molecule has 7 nitrogen and oxygen atoms in total. The topological polar surface area (TPSA) is 92.8 Å². The Morgan fingerprint density at radius 2 is 1.44 bits per heavy atom. The Labute approximate surface area is 205 Å². The van der Waals surface area contributed by atoms with Crippen LogP contribution < -0.4 is 10.2 Å². The van der Waals surface area contributed by atoms with Gasteiger partial charge in [0.05, 0.1) is 16.9 Å². The highest BCUT2D eigenvalue weighted by atomic mass is 19.1. The van der Waals surface area contributed by atoms with Crippen LogP contribution in [0.15, 0.2) is 84.9 Å². The molecule has 4 aromatic rings. The van der Waals surface area contributed by atoms with Crippen molar-refractivity contribution < 1.29 is 28.3 Å². The number of nitrogens with zero attached hydrogens (tertiary/aromatic N) is 1. The first-order valence-electron chi connectivity index (χ1n) is 11.1. The van der Waals surface area contributed by atoms with Gasteiger partial charge in [0.15, 0.2) is 6.10 Å². The number of amides is 3. The maximum atomic E-state index is 13.8. The summed E-state index contributed by atoms with van der Waals surface area (Å²) in [4.78, 5) is 52.3. The number of nitrogens with one attached hydrogen (secondary N) is 1. The van der Waals surface area contributed by atoms with E-state index in [-0.39, 0.29) is 11.3 Å². The van der Waals surface area contributed by atoms with E-state index in [4.69, 9.17) is 4.74 Å². The van der Waals surface area contributed by atoms with Crippen LogP contribution in [0.1, 0.15) is 38.0 Å². The third kappa shape index (κ3) is 3.98. The molecule has 0 spiro atoms. The van der Waals surface area contributed by atoms with E-state index in [1.54, 1.807) is 30.3 Å². The van der Waals surface area contributed by atoms with Crippen LogP contribution in [0.4, 0.5) is 15.8 Å². The van der Waals surface area contributed by atoms with Gasteiger partial charge in [-0.2, -0.15) is 0 Å². The fourth-order valence-corrected chi connectivity index (χ4v) is 4.09. The molecule has 1 atom stereocenters. The molecule has 0 aromatic heterocycles. The second-order valence-corrected chi connectivity index (χ2v) is 8.22. The first-order valence-corrected chi connectivity index (χ1v) is 11.1. The van der Waals surface area contributed by atoms with Gasteiger partial charge < -0.3 is 10.1 Å². The zero-order chi connectivity index (χ0) is 25.4. The zero-order valence-corrected chi connectivity index (χ0v) is 19.0. The highest BCUT2D eigenvalue weighted by Gasteiger charge is 2.34. The third-order valence-corrected chi connectivity index (χ3v) is 5.92. The fraction of sp³-hybridized carbons (Fsp3) is 0.0714. The van der Waals surface area contributed by atoms with Crippen molar-refractivity contribution in [3.63, 3.8) is 0 Å². The van der Waals surface area contributed by atoms with E-state index in [1.165, 1.54) is 49.4 Å². The monoisotopic (exact) mass is 482 g/mol. The lowest BCUT2D eigenvalue weighted by Crippen LogP contribution is -2.40. The molecule has 36 heavy (non-hydrogen) atoms. The van der Waals surface area contributed by atoms with Gasteiger partial charge in [0.1, 0.15) is 5.82 Å². The summed E-state index contributed by atoms with van der Waals surface area (Å²) in [7, 11) is 0. The van der Waals surface area contributed by atoms with Crippen molar-refractivity contribution in [3.8, 4) is 0 Å². The van der Waals surface area contributed by atoms with Crippen molar-refractivity contribution in [1.82, 2.24) is 0 Å². The second kappa shape index (κ2) is 9.07.